The number of hydrogen-bond acceptors (Lipinski definition) is 7. The summed E-state index contributed by atoms with van der Waals surface area (Å²) in [6.45, 7) is 4.50. The van der Waals surface area contributed by atoms with Crippen LogP contribution in [0.5, 0.6) is 11.5 Å². The molecule has 3 aromatic rings. The van der Waals surface area contributed by atoms with Gasteiger partial charge in [-0.25, -0.2) is 0 Å². The first kappa shape index (κ1) is 29.9. The third kappa shape index (κ3) is 4.91. The molecule has 0 unspecified atom stereocenters. The van der Waals surface area contributed by atoms with E-state index in [0.29, 0.717) is 23.3 Å². The second kappa shape index (κ2) is 12.0. The number of carbonyl (C=O) groups is 2. The Morgan fingerprint density at radius 2 is 1.04 bits per heavy atom. The zero-order valence-corrected chi connectivity index (χ0v) is 27.8. The third-order valence-corrected chi connectivity index (χ3v) is 13.4. The molecule has 0 radical (unpaired) electrons. The molecule has 1 aliphatic heterocycles. The van der Waals surface area contributed by atoms with Crippen LogP contribution in [0.3, 0.4) is 0 Å². The number of hydrogen-bond donors (Lipinski definition) is 0. The van der Waals surface area contributed by atoms with E-state index in [2.05, 4.69) is 68.4 Å². The predicted molar refractivity (Wildman–Crippen MR) is 180 cm³/mol. The predicted octanol–water partition coefficient (Wildman–Crippen LogP) is 9.70. The molecular weight excluding hydrogens is 611 g/mol. The van der Waals surface area contributed by atoms with E-state index >= 15 is 0 Å². The van der Waals surface area contributed by atoms with Crippen molar-refractivity contribution < 1.29 is 19.1 Å². The first-order valence-electron chi connectivity index (χ1n) is 16.7. The fourth-order valence-corrected chi connectivity index (χ4v) is 10.8. The van der Waals surface area contributed by atoms with Crippen LogP contribution in [0.25, 0.3) is 0 Å². The van der Waals surface area contributed by atoms with Gasteiger partial charge in [0.1, 0.15) is 0 Å². The van der Waals surface area contributed by atoms with Crippen LogP contribution in [0.1, 0.15) is 110 Å². The summed E-state index contributed by atoms with van der Waals surface area (Å²) in [6.07, 6.45) is 8.96. The van der Waals surface area contributed by atoms with Gasteiger partial charge in [0.05, 0.1) is 31.9 Å². The minimum atomic E-state index is -0.177. The summed E-state index contributed by atoms with van der Waals surface area (Å²) in [5.74, 6) is 1.44. The van der Waals surface area contributed by atoms with Gasteiger partial charge in [0, 0.05) is 29.0 Å². The minimum Gasteiger partial charge on any atom is -0.425 e. The molecule has 3 aromatic carbocycles. The highest BCUT2D eigenvalue weighted by Gasteiger charge is 2.49. The Kier molecular flexibility index (Phi) is 7.77. The van der Waals surface area contributed by atoms with Crippen LogP contribution in [0.15, 0.2) is 68.6 Å². The van der Waals surface area contributed by atoms with Gasteiger partial charge in [-0.2, -0.15) is 5.26 Å². The molecule has 9 rings (SSSR count). The maximum Gasteiger partial charge on any atom is 0.314 e. The second-order valence-corrected chi connectivity index (χ2v) is 16.2. The van der Waals surface area contributed by atoms with Gasteiger partial charge in [0.15, 0.2) is 11.5 Å². The fourth-order valence-electron chi connectivity index (χ4n) is 8.38. The molecule has 5 aliphatic carbocycles. The van der Waals surface area contributed by atoms with E-state index in [0.717, 1.165) is 76.5 Å². The number of thioether (sulfide) groups is 2. The number of ether oxygens (including phenoxy) is 2. The zero-order chi connectivity index (χ0) is 31.5. The largest absolute Gasteiger partial charge is 0.425 e. The smallest absolute Gasteiger partial charge is 0.314 e. The van der Waals surface area contributed by atoms with E-state index in [1.54, 1.807) is 0 Å². The molecule has 46 heavy (non-hydrogen) atoms. The summed E-state index contributed by atoms with van der Waals surface area (Å²) in [6, 6.07) is 19.2. The van der Waals surface area contributed by atoms with Crippen molar-refractivity contribution in [3.8, 4) is 17.6 Å². The Balaban J connectivity index is 1.33. The standard InChI is InChI=1S/C39H37NO4S2/c1-21-11-15-23(16-12-21)38(41)43-34-32-30-25-7-3-5-9-27(25)31(28-10-6-4-8-26(28)30)33(32)35(37-36(34)45-29(46-37)19-20-40)44-39(42)24-17-13-22(2)14-18-24/h3-10,19,21-24,30-31H,11-18H2,1-2H3. The van der Waals surface area contributed by atoms with Crippen molar-refractivity contribution in [2.24, 2.45) is 23.7 Å². The highest BCUT2D eigenvalue weighted by atomic mass is 32.2. The highest BCUT2D eigenvalue weighted by molar-refractivity contribution is 8.24. The van der Waals surface area contributed by atoms with Gasteiger partial charge in [0.25, 0.3) is 0 Å². The molecule has 0 N–H and O–H groups in total. The molecule has 0 aromatic heterocycles. The third-order valence-electron chi connectivity index (χ3n) is 10.9. The second-order valence-electron chi connectivity index (χ2n) is 13.8. The number of allylic oxidation sites excluding steroid dienone is 1. The summed E-state index contributed by atoms with van der Waals surface area (Å²) in [7, 11) is 0. The van der Waals surface area contributed by atoms with Crippen molar-refractivity contribution in [2.75, 3.05) is 0 Å². The summed E-state index contributed by atoms with van der Waals surface area (Å²) in [5, 5.41) is 9.64. The van der Waals surface area contributed by atoms with Crippen LogP contribution in [0.4, 0.5) is 0 Å². The fraction of sp³-hybridized carbons (Fsp3) is 0.410. The summed E-state index contributed by atoms with van der Waals surface area (Å²) >= 11 is 2.90. The van der Waals surface area contributed by atoms with Crippen LogP contribution >= 0.6 is 23.5 Å². The van der Waals surface area contributed by atoms with Gasteiger partial charge < -0.3 is 9.47 Å². The van der Waals surface area contributed by atoms with E-state index in [1.807, 2.05) is 0 Å². The normalized spacial score (nSPS) is 27.0. The van der Waals surface area contributed by atoms with Gasteiger partial charge in [-0.1, -0.05) is 85.9 Å². The summed E-state index contributed by atoms with van der Waals surface area (Å²) in [4.78, 5) is 29.5. The number of fused-ring (bicyclic) bond motifs is 1. The van der Waals surface area contributed by atoms with E-state index in [-0.39, 0.29) is 35.6 Å². The number of benzene rings is 3. The lowest BCUT2D eigenvalue weighted by Gasteiger charge is -2.43. The molecule has 6 aliphatic rings. The molecule has 0 atom stereocenters. The van der Waals surface area contributed by atoms with Crippen LogP contribution in [0.2, 0.25) is 0 Å². The van der Waals surface area contributed by atoms with E-state index in [1.165, 1.54) is 51.9 Å². The molecule has 234 valence electrons. The minimum absolute atomic E-state index is 0.137. The van der Waals surface area contributed by atoms with E-state index in [4.69, 9.17) is 9.47 Å². The van der Waals surface area contributed by atoms with Crippen LogP contribution < -0.4 is 9.47 Å². The highest BCUT2D eigenvalue weighted by Crippen LogP contribution is 2.67. The van der Waals surface area contributed by atoms with Crippen molar-refractivity contribution in [2.45, 2.75) is 86.8 Å². The molecule has 2 fully saturated rings. The average Bonchev–Trinajstić information content (AvgIpc) is 3.50. The molecule has 0 amide bonds. The summed E-state index contributed by atoms with van der Waals surface area (Å²) < 4.78 is 14.0. The molecule has 5 nitrogen and oxygen atoms in total. The molecule has 2 saturated carbocycles. The Morgan fingerprint density at radius 1 is 0.674 bits per heavy atom. The molecule has 0 spiro atoms. The molecule has 2 bridgehead atoms. The van der Waals surface area contributed by atoms with Gasteiger partial charge in [-0.3, -0.25) is 9.59 Å². The maximum absolute atomic E-state index is 14.0. The van der Waals surface area contributed by atoms with E-state index in [9.17, 15) is 14.9 Å². The lowest BCUT2D eigenvalue weighted by atomic mass is 9.60. The van der Waals surface area contributed by atoms with Crippen molar-refractivity contribution in [3.05, 3.63) is 92.2 Å². The topological polar surface area (TPSA) is 76.4 Å². The van der Waals surface area contributed by atoms with Gasteiger partial charge >= 0.3 is 11.9 Å². The van der Waals surface area contributed by atoms with Crippen molar-refractivity contribution in [1.29, 1.82) is 5.26 Å². The average molecular weight is 648 g/mol. The molecule has 0 saturated heterocycles. The lowest BCUT2D eigenvalue weighted by Crippen LogP contribution is -2.32. The van der Waals surface area contributed by atoms with E-state index < -0.39 is 0 Å². The van der Waals surface area contributed by atoms with Crippen molar-refractivity contribution in [1.82, 2.24) is 0 Å². The number of esters is 2. The molecule has 7 heteroatoms. The first-order chi connectivity index (χ1) is 22.4. The van der Waals surface area contributed by atoms with Gasteiger partial charge in [-0.05, 0) is 85.5 Å². The first-order valence-corrected chi connectivity index (χ1v) is 18.4. The lowest BCUT2D eigenvalue weighted by molar-refractivity contribution is -0.141. The monoisotopic (exact) mass is 647 g/mol. The summed E-state index contributed by atoms with van der Waals surface area (Å²) in [5.41, 5.74) is 6.66. The number of nitrogens with zero attached hydrogens (tertiary/aromatic N) is 1. The van der Waals surface area contributed by atoms with Gasteiger partial charge in [-0.15, -0.1) is 0 Å². The number of nitriles is 1. The Labute approximate surface area is 279 Å². The Hall–Kier alpha value is -3.47. The quantitative estimate of drug-likeness (QED) is 0.109. The van der Waals surface area contributed by atoms with Crippen LogP contribution in [-0.4, -0.2) is 11.9 Å². The number of rotatable bonds is 4. The number of carbonyl (C=O) groups excluding carboxylic acids is 2. The van der Waals surface area contributed by atoms with Crippen molar-refractivity contribution >= 4 is 35.5 Å². The van der Waals surface area contributed by atoms with Gasteiger partial charge in [0.2, 0.25) is 0 Å². The Bertz CT molecular complexity index is 1660. The molecular formula is C39H37NO4S2. The SMILES string of the molecule is CC1CCC(C(=O)Oc2c3c(c(OC(=O)C4CCC(C)CC4)c4c2C2c5ccccc5C4c4ccccc42)SC(=CC#N)S3)CC1. The molecule has 1 heterocycles. The van der Waals surface area contributed by atoms with Crippen LogP contribution in [0, 0.1) is 35.0 Å². The maximum atomic E-state index is 14.0. The Morgan fingerprint density at radius 3 is 1.39 bits per heavy atom. The van der Waals surface area contributed by atoms with Crippen molar-refractivity contribution in [3.63, 3.8) is 0 Å². The zero-order valence-electron chi connectivity index (χ0n) is 26.2. The van der Waals surface area contributed by atoms with Crippen LogP contribution in [-0.2, 0) is 9.59 Å².